The number of nitrogens with one attached hydrogen (secondary N) is 1. The van der Waals surface area contributed by atoms with E-state index in [1.807, 2.05) is 42.5 Å². The van der Waals surface area contributed by atoms with Crippen LogP contribution < -0.4 is 5.32 Å². The molecule has 2 aromatic rings. The van der Waals surface area contributed by atoms with Crippen LogP contribution >= 0.6 is 0 Å². The Hall–Kier alpha value is -2.82. The zero-order valence-electron chi connectivity index (χ0n) is 16.3. The Kier molecular flexibility index (Phi) is 6.99. The first kappa shape index (κ1) is 20.5. The first-order chi connectivity index (χ1) is 12.8. The second-order valence-corrected chi connectivity index (χ2v) is 7.40. The van der Waals surface area contributed by atoms with E-state index >= 15 is 0 Å². The van der Waals surface area contributed by atoms with Crippen LogP contribution in [0, 0.1) is 0 Å². The van der Waals surface area contributed by atoms with E-state index in [9.17, 15) is 9.59 Å². The highest BCUT2D eigenvalue weighted by Crippen LogP contribution is 2.13. The fraction of sp³-hybridized carbons (Fsp3) is 0.364. The molecule has 0 fully saturated rings. The average molecular weight is 369 g/mol. The molecule has 1 amide bonds. The van der Waals surface area contributed by atoms with Gasteiger partial charge in [-0.15, -0.1) is 0 Å². The lowest BCUT2D eigenvalue weighted by molar-refractivity contribution is -0.143. The normalized spacial score (nSPS) is 12.1. The maximum atomic E-state index is 12.0. The van der Waals surface area contributed by atoms with E-state index in [1.54, 1.807) is 20.8 Å². The van der Waals surface area contributed by atoms with Crippen molar-refractivity contribution in [3.05, 3.63) is 71.3 Å². The van der Waals surface area contributed by atoms with Crippen molar-refractivity contribution in [2.45, 2.75) is 45.3 Å². The fourth-order valence-corrected chi connectivity index (χ4v) is 2.65. The van der Waals surface area contributed by atoms with E-state index in [2.05, 4.69) is 17.4 Å². The standard InChI is InChI=1S/C22H27NO4/c1-22(2,3)27-21(25)23-19(20(24)26-4)15-18-12-10-17(11-13-18)14-16-8-6-5-7-9-16/h5-13,19H,14-15H2,1-4H3,(H,23,25)/t19-/m0/s1. The molecule has 5 nitrogen and oxygen atoms in total. The Morgan fingerprint density at radius 2 is 1.48 bits per heavy atom. The van der Waals surface area contributed by atoms with Crippen molar-refractivity contribution in [1.29, 1.82) is 0 Å². The summed E-state index contributed by atoms with van der Waals surface area (Å²) < 4.78 is 10.0. The van der Waals surface area contributed by atoms with Gasteiger partial charge < -0.3 is 14.8 Å². The van der Waals surface area contributed by atoms with E-state index in [0.29, 0.717) is 6.42 Å². The first-order valence-corrected chi connectivity index (χ1v) is 8.96. The molecule has 0 aliphatic heterocycles. The molecule has 0 saturated heterocycles. The van der Waals surface area contributed by atoms with Gasteiger partial charge in [0.05, 0.1) is 7.11 Å². The van der Waals surface area contributed by atoms with Crippen LogP contribution in [0.25, 0.3) is 0 Å². The molecule has 0 bridgehead atoms. The summed E-state index contributed by atoms with van der Waals surface area (Å²) in [5.41, 5.74) is 2.71. The molecule has 0 radical (unpaired) electrons. The molecule has 2 rings (SSSR count). The quantitative estimate of drug-likeness (QED) is 0.785. The number of methoxy groups -OCH3 is 1. The van der Waals surface area contributed by atoms with Gasteiger partial charge in [-0.3, -0.25) is 0 Å². The number of benzene rings is 2. The van der Waals surface area contributed by atoms with E-state index < -0.39 is 23.7 Å². The first-order valence-electron chi connectivity index (χ1n) is 8.96. The molecule has 0 unspecified atom stereocenters. The number of hydrogen-bond acceptors (Lipinski definition) is 4. The summed E-state index contributed by atoms with van der Waals surface area (Å²) in [5, 5.41) is 2.59. The minimum absolute atomic E-state index is 0.331. The van der Waals surface area contributed by atoms with Crippen LogP contribution in [0.5, 0.6) is 0 Å². The Balaban J connectivity index is 2.02. The van der Waals surface area contributed by atoms with Gasteiger partial charge in [0.1, 0.15) is 11.6 Å². The number of ether oxygens (including phenoxy) is 2. The molecule has 0 heterocycles. The number of carbonyl (C=O) groups is 2. The zero-order valence-corrected chi connectivity index (χ0v) is 16.3. The van der Waals surface area contributed by atoms with E-state index in [-0.39, 0.29) is 0 Å². The minimum atomic E-state index is -0.801. The Bertz CT molecular complexity index is 748. The van der Waals surface area contributed by atoms with Crippen molar-refractivity contribution >= 4 is 12.1 Å². The van der Waals surface area contributed by atoms with Gasteiger partial charge >= 0.3 is 12.1 Å². The van der Waals surface area contributed by atoms with Gasteiger partial charge in [0.25, 0.3) is 0 Å². The largest absolute Gasteiger partial charge is 0.467 e. The highest BCUT2D eigenvalue weighted by molar-refractivity contribution is 5.81. The van der Waals surface area contributed by atoms with Crippen molar-refractivity contribution in [2.75, 3.05) is 7.11 Å². The predicted octanol–water partition coefficient (Wildman–Crippen LogP) is 3.89. The third kappa shape index (κ3) is 7.13. The fourth-order valence-electron chi connectivity index (χ4n) is 2.65. The van der Waals surface area contributed by atoms with Crippen LogP contribution in [-0.2, 0) is 27.1 Å². The average Bonchev–Trinajstić information content (AvgIpc) is 2.61. The highest BCUT2D eigenvalue weighted by Gasteiger charge is 2.25. The maximum absolute atomic E-state index is 12.0. The number of rotatable bonds is 6. The van der Waals surface area contributed by atoms with E-state index in [1.165, 1.54) is 18.2 Å². The van der Waals surface area contributed by atoms with Gasteiger partial charge in [0.15, 0.2) is 0 Å². The molecule has 1 atom stereocenters. The summed E-state index contributed by atoms with van der Waals surface area (Å²) in [6, 6.07) is 17.4. The van der Waals surface area contributed by atoms with Crippen molar-refractivity contribution in [2.24, 2.45) is 0 Å². The van der Waals surface area contributed by atoms with Gasteiger partial charge in [-0.25, -0.2) is 9.59 Å². The molecule has 0 saturated carbocycles. The Morgan fingerprint density at radius 1 is 0.926 bits per heavy atom. The number of esters is 1. The lowest BCUT2D eigenvalue weighted by Crippen LogP contribution is -2.45. The summed E-state index contributed by atoms with van der Waals surface area (Å²) in [6.07, 6.45) is 0.536. The predicted molar refractivity (Wildman–Crippen MR) is 105 cm³/mol. The molecular formula is C22H27NO4. The summed E-state index contributed by atoms with van der Waals surface area (Å²) in [7, 11) is 1.30. The molecule has 2 aromatic carbocycles. The third-order valence-electron chi connectivity index (χ3n) is 3.89. The van der Waals surface area contributed by atoms with Crippen molar-refractivity contribution in [3.8, 4) is 0 Å². The van der Waals surface area contributed by atoms with Gasteiger partial charge in [-0.1, -0.05) is 54.6 Å². The molecule has 0 aliphatic carbocycles. The third-order valence-corrected chi connectivity index (χ3v) is 3.89. The van der Waals surface area contributed by atoms with Crippen LogP contribution in [-0.4, -0.2) is 30.8 Å². The van der Waals surface area contributed by atoms with Gasteiger partial charge in [-0.2, -0.15) is 0 Å². The molecule has 1 N–H and O–H groups in total. The van der Waals surface area contributed by atoms with Crippen LogP contribution in [0.3, 0.4) is 0 Å². The maximum Gasteiger partial charge on any atom is 0.408 e. The molecule has 0 aliphatic rings. The second-order valence-electron chi connectivity index (χ2n) is 7.40. The summed E-state index contributed by atoms with van der Waals surface area (Å²) >= 11 is 0. The molecule has 5 heteroatoms. The summed E-state index contributed by atoms with van der Waals surface area (Å²) in [4.78, 5) is 24.0. The SMILES string of the molecule is COC(=O)[C@H](Cc1ccc(Cc2ccccc2)cc1)NC(=O)OC(C)(C)C. The zero-order chi connectivity index (χ0) is 19.9. The van der Waals surface area contributed by atoms with Crippen LogP contribution in [0.1, 0.15) is 37.5 Å². The minimum Gasteiger partial charge on any atom is -0.467 e. The molecule has 27 heavy (non-hydrogen) atoms. The molecule has 0 aromatic heterocycles. The second kappa shape index (κ2) is 9.21. The molecular weight excluding hydrogens is 342 g/mol. The van der Waals surface area contributed by atoms with Crippen LogP contribution in [0.15, 0.2) is 54.6 Å². The summed E-state index contributed by atoms with van der Waals surface area (Å²) in [6.45, 7) is 5.31. The van der Waals surface area contributed by atoms with Crippen LogP contribution in [0.4, 0.5) is 4.79 Å². The van der Waals surface area contributed by atoms with Gasteiger partial charge in [-0.05, 0) is 43.9 Å². The van der Waals surface area contributed by atoms with Crippen molar-refractivity contribution in [1.82, 2.24) is 5.32 Å². The number of amides is 1. The molecule has 0 spiro atoms. The van der Waals surface area contributed by atoms with E-state index in [4.69, 9.17) is 9.47 Å². The molecule has 144 valence electrons. The Labute approximate surface area is 160 Å². The monoisotopic (exact) mass is 369 g/mol. The number of carbonyl (C=O) groups excluding carboxylic acids is 2. The van der Waals surface area contributed by atoms with E-state index in [0.717, 1.165) is 12.0 Å². The van der Waals surface area contributed by atoms with Crippen molar-refractivity contribution < 1.29 is 19.1 Å². The lowest BCUT2D eigenvalue weighted by Gasteiger charge is -2.22. The van der Waals surface area contributed by atoms with Gasteiger partial charge in [0.2, 0.25) is 0 Å². The topological polar surface area (TPSA) is 64.6 Å². The lowest BCUT2D eigenvalue weighted by atomic mass is 10.0. The van der Waals surface area contributed by atoms with Crippen LogP contribution in [0.2, 0.25) is 0 Å². The van der Waals surface area contributed by atoms with Gasteiger partial charge in [0, 0.05) is 6.42 Å². The number of hydrogen-bond donors (Lipinski definition) is 1. The smallest absolute Gasteiger partial charge is 0.408 e. The van der Waals surface area contributed by atoms with Crippen molar-refractivity contribution in [3.63, 3.8) is 0 Å². The summed E-state index contributed by atoms with van der Waals surface area (Å²) in [5.74, 6) is -0.505. The Morgan fingerprint density at radius 3 is 2.04 bits per heavy atom. The number of alkyl carbamates (subject to hydrolysis) is 1. The highest BCUT2D eigenvalue weighted by atomic mass is 16.6.